The van der Waals surface area contributed by atoms with Gasteiger partial charge in [-0.25, -0.2) is 9.37 Å². The number of benzene rings is 1. The molecule has 0 aliphatic rings. The lowest BCUT2D eigenvalue weighted by Crippen LogP contribution is -2.10. The van der Waals surface area contributed by atoms with Gasteiger partial charge >= 0.3 is 0 Å². The molecule has 0 bridgehead atoms. The highest BCUT2D eigenvalue weighted by Crippen LogP contribution is 2.36. The van der Waals surface area contributed by atoms with E-state index in [0.29, 0.717) is 5.56 Å². The quantitative estimate of drug-likeness (QED) is 0.712. The Bertz CT molecular complexity index is 715. The second-order valence-electron chi connectivity index (χ2n) is 4.87. The number of aliphatic hydroxyl groups excluding tert-OH is 2. The summed E-state index contributed by atoms with van der Waals surface area (Å²) in [4.78, 5) is 3.90. The van der Waals surface area contributed by atoms with Gasteiger partial charge in [0.15, 0.2) is 11.6 Å². The van der Waals surface area contributed by atoms with E-state index in [1.807, 2.05) is 0 Å². The van der Waals surface area contributed by atoms with Crippen LogP contribution < -0.4 is 10.5 Å². The molecule has 4 N–H and O–H groups in total. The second-order valence-corrected chi connectivity index (χ2v) is 5.65. The fraction of sp³-hybridized carbons (Fsp3) is 0.267. The fourth-order valence-corrected chi connectivity index (χ4v) is 2.70. The maximum Gasteiger partial charge on any atom is 0.166 e. The highest BCUT2D eigenvalue weighted by molar-refractivity contribution is 6.36. The molecule has 1 heterocycles. The molecule has 2 rings (SSSR count). The lowest BCUT2D eigenvalue weighted by atomic mass is 10.1. The first-order chi connectivity index (χ1) is 10.8. The van der Waals surface area contributed by atoms with Gasteiger partial charge in [-0.1, -0.05) is 23.2 Å². The molecule has 0 aliphatic heterocycles. The molecular formula is C15H15Cl2FN2O3. The van der Waals surface area contributed by atoms with E-state index in [2.05, 4.69) is 4.98 Å². The first-order valence-electron chi connectivity index (χ1n) is 6.69. The maximum atomic E-state index is 13.6. The van der Waals surface area contributed by atoms with Crippen LogP contribution in [0.15, 0.2) is 24.4 Å². The molecule has 1 aromatic heterocycles. The van der Waals surface area contributed by atoms with Gasteiger partial charge in [0.2, 0.25) is 0 Å². The van der Waals surface area contributed by atoms with Crippen molar-refractivity contribution in [3.8, 4) is 5.75 Å². The lowest BCUT2D eigenvalue weighted by molar-refractivity contribution is 0.0949. The normalized spacial score (nSPS) is 13.7. The molecule has 0 aliphatic carbocycles. The van der Waals surface area contributed by atoms with Crippen molar-refractivity contribution in [1.82, 2.24) is 4.98 Å². The van der Waals surface area contributed by atoms with E-state index in [9.17, 15) is 9.50 Å². The van der Waals surface area contributed by atoms with E-state index in [4.69, 9.17) is 38.8 Å². The number of anilines is 1. The molecule has 2 atom stereocenters. The van der Waals surface area contributed by atoms with Crippen LogP contribution in [0.2, 0.25) is 10.0 Å². The molecule has 5 nitrogen and oxygen atoms in total. The van der Waals surface area contributed by atoms with Gasteiger partial charge in [0, 0.05) is 22.3 Å². The van der Waals surface area contributed by atoms with E-state index in [-0.39, 0.29) is 27.2 Å². The van der Waals surface area contributed by atoms with Crippen LogP contribution in [-0.2, 0) is 0 Å². The van der Waals surface area contributed by atoms with Crippen molar-refractivity contribution in [3.05, 3.63) is 51.4 Å². The Morgan fingerprint density at radius 3 is 2.74 bits per heavy atom. The van der Waals surface area contributed by atoms with Crippen LogP contribution in [0.1, 0.15) is 30.3 Å². The molecule has 124 valence electrons. The SMILES string of the molecule is CC(Oc1cc([C@H](O)CO)cnc1N)c1c(Cl)ccc(F)c1Cl. The molecule has 0 fully saturated rings. The summed E-state index contributed by atoms with van der Waals surface area (Å²) in [6, 6.07) is 3.99. The molecule has 2 aromatic rings. The molecule has 0 amide bonds. The number of nitrogen functional groups attached to an aromatic ring is 1. The third-order valence-corrected chi connectivity index (χ3v) is 3.96. The van der Waals surface area contributed by atoms with Gasteiger partial charge in [0.1, 0.15) is 18.0 Å². The number of aliphatic hydroxyl groups is 2. The van der Waals surface area contributed by atoms with Crippen molar-refractivity contribution in [2.45, 2.75) is 19.1 Å². The Hall–Kier alpha value is -1.60. The molecule has 8 heteroatoms. The van der Waals surface area contributed by atoms with E-state index in [1.54, 1.807) is 6.92 Å². The van der Waals surface area contributed by atoms with Crippen molar-refractivity contribution in [1.29, 1.82) is 0 Å². The lowest BCUT2D eigenvalue weighted by Gasteiger charge is -2.19. The van der Waals surface area contributed by atoms with Gasteiger partial charge in [-0.3, -0.25) is 0 Å². The van der Waals surface area contributed by atoms with E-state index in [0.717, 1.165) is 6.07 Å². The summed E-state index contributed by atoms with van der Waals surface area (Å²) in [6.45, 7) is 1.16. The largest absolute Gasteiger partial charge is 0.482 e. The van der Waals surface area contributed by atoms with Gasteiger partial charge in [-0.2, -0.15) is 0 Å². The standard InChI is InChI=1S/C15H15Cl2FN2O3/c1-7(13-9(16)2-3-10(18)14(13)17)23-12-4-8(11(22)6-21)5-20-15(12)19/h2-5,7,11,21-22H,6H2,1H3,(H2,19,20)/t7?,11-/m1/s1. The van der Waals surface area contributed by atoms with E-state index >= 15 is 0 Å². The first-order valence-corrected chi connectivity index (χ1v) is 7.45. The van der Waals surface area contributed by atoms with Crippen molar-refractivity contribution >= 4 is 29.0 Å². The van der Waals surface area contributed by atoms with Gasteiger partial charge in [0.05, 0.1) is 11.6 Å². The smallest absolute Gasteiger partial charge is 0.166 e. The predicted octanol–water partition coefficient (Wildman–Crippen LogP) is 3.28. The minimum absolute atomic E-state index is 0.0781. The summed E-state index contributed by atoms with van der Waals surface area (Å²) >= 11 is 12.0. The highest BCUT2D eigenvalue weighted by Gasteiger charge is 2.20. The van der Waals surface area contributed by atoms with Gasteiger partial charge in [-0.15, -0.1) is 0 Å². The Morgan fingerprint density at radius 1 is 1.39 bits per heavy atom. The van der Waals surface area contributed by atoms with Gasteiger partial charge < -0.3 is 20.7 Å². The molecule has 0 saturated heterocycles. The van der Waals surface area contributed by atoms with Crippen molar-refractivity contribution in [3.63, 3.8) is 0 Å². The minimum atomic E-state index is -1.11. The van der Waals surface area contributed by atoms with Crippen LogP contribution in [0.25, 0.3) is 0 Å². The average Bonchev–Trinajstić information content (AvgIpc) is 2.52. The van der Waals surface area contributed by atoms with Gasteiger partial charge in [0.25, 0.3) is 0 Å². The number of halogens is 3. The number of ether oxygens (including phenoxy) is 1. The van der Waals surface area contributed by atoms with Crippen LogP contribution in [0.4, 0.5) is 10.2 Å². The molecule has 23 heavy (non-hydrogen) atoms. The van der Waals surface area contributed by atoms with Crippen LogP contribution >= 0.6 is 23.2 Å². The Balaban J connectivity index is 2.34. The summed E-state index contributed by atoms with van der Waals surface area (Å²) < 4.78 is 19.3. The number of hydrogen-bond acceptors (Lipinski definition) is 5. The van der Waals surface area contributed by atoms with Crippen LogP contribution in [0.3, 0.4) is 0 Å². The predicted molar refractivity (Wildman–Crippen MR) is 86.2 cm³/mol. The molecular weight excluding hydrogens is 346 g/mol. The first kappa shape index (κ1) is 17.7. The number of aromatic nitrogens is 1. The molecule has 0 radical (unpaired) electrons. The number of nitrogens with zero attached hydrogens (tertiary/aromatic N) is 1. The molecule has 0 spiro atoms. The average molecular weight is 361 g/mol. The zero-order valence-electron chi connectivity index (χ0n) is 12.1. The Kier molecular flexibility index (Phi) is 5.64. The summed E-state index contributed by atoms with van der Waals surface area (Å²) in [5, 5.41) is 18.7. The zero-order valence-corrected chi connectivity index (χ0v) is 13.6. The number of rotatable bonds is 5. The third kappa shape index (κ3) is 3.84. The highest BCUT2D eigenvalue weighted by atomic mass is 35.5. The monoisotopic (exact) mass is 360 g/mol. The summed E-state index contributed by atoms with van der Waals surface area (Å²) in [7, 11) is 0. The van der Waals surface area contributed by atoms with E-state index in [1.165, 1.54) is 18.3 Å². The molecule has 0 saturated carbocycles. The maximum absolute atomic E-state index is 13.6. The van der Waals surface area contributed by atoms with Crippen LogP contribution in [0.5, 0.6) is 5.75 Å². The zero-order chi connectivity index (χ0) is 17.1. The van der Waals surface area contributed by atoms with Crippen LogP contribution in [0, 0.1) is 5.82 Å². The summed E-state index contributed by atoms with van der Waals surface area (Å²) in [5.74, 6) is -0.370. The number of nitrogens with two attached hydrogens (primary N) is 1. The Labute approximate surface area is 142 Å². The third-order valence-electron chi connectivity index (χ3n) is 3.25. The van der Waals surface area contributed by atoms with Gasteiger partial charge in [-0.05, 0) is 25.1 Å². The number of pyridine rings is 1. The Morgan fingerprint density at radius 2 is 2.09 bits per heavy atom. The molecule has 1 unspecified atom stereocenters. The van der Waals surface area contributed by atoms with Crippen molar-refractivity contribution < 1.29 is 19.3 Å². The van der Waals surface area contributed by atoms with Crippen molar-refractivity contribution in [2.75, 3.05) is 12.3 Å². The molecule has 1 aromatic carbocycles. The van der Waals surface area contributed by atoms with Crippen molar-refractivity contribution in [2.24, 2.45) is 0 Å². The summed E-state index contributed by atoms with van der Waals surface area (Å²) in [6.07, 6.45) is -0.492. The summed E-state index contributed by atoms with van der Waals surface area (Å²) in [5.41, 5.74) is 6.36. The van der Waals surface area contributed by atoms with E-state index < -0.39 is 24.6 Å². The minimum Gasteiger partial charge on any atom is -0.482 e. The number of hydrogen-bond donors (Lipinski definition) is 3. The fourth-order valence-electron chi connectivity index (χ4n) is 2.02. The second kappa shape index (κ2) is 7.31. The topological polar surface area (TPSA) is 88.6 Å². The van der Waals surface area contributed by atoms with Crippen LogP contribution in [-0.4, -0.2) is 21.8 Å².